The van der Waals surface area contributed by atoms with Crippen LogP contribution in [-0.4, -0.2) is 49.9 Å². The first-order valence-electron chi connectivity index (χ1n) is 23.6. The van der Waals surface area contributed by atoms with E-state index in [-0.39, 0.29) is 32.3 Å². The lowest BCUT2D eigenvalue weighted by atomic mass is 10.1. The van der Waals surface area contributed by atoms with E-state index < -0.39 is 13.9 Å². The molecular formula is C48H90NO7P. The number of phosphoric acid groups is 1. The van der Waals surface area contributed by atoms with Gasteiger partial charge >= 0.3 is 13.8 Å². The zero-order valence-electron chi connectivity index (χ0n) is 37.1. The molecular weight excluding hydrogens is 734 g/mol. The zero-order chi connectivity index (χ0) is 41.6. The molecule has 2 unspecified atom stereocenters. The lowest BCUT2D eigenvalue weighted by Crippen LogP contribution is -2.28. The lowest BCUT2D eigenvalue weighted by molar-refractivity contribution is -0.154. The normalized spacial score (nSPS) is 13.8. The van der Waals surface area contributed by atoms with Crippen molar-refractivity contribution in [3.8, 4) is 0 Å². The Labute approximate surface area is 351 Å². The number of hydrogen-bond donors (Lipinski definition) is 2. The van der Waals surface area contributed by atoms with Gasteiger partial charge in [0.1, 0.15) is 6.10 Å². The molecule has 8 nitrogen and oxygen atoms in total. The summed E-state index contributed by atoms with van der Waals surface area (Å²) >= 11 is 0. The van der Waals surface area contributed by atoms with Gasteiger partial charge in [-0.05, 0) is 77.0 Å². The molecule has 0 spiro atoms. The van der Waals surface area contributed by atoms with Gasteiger partial charge in [0.2, 0.25) is 0 Å². The quantitative estimate of drug-likeness (QED) is 0.0270. The highest BCUT2D eigenvalue weighted by Crippen LogP contribution is 2.43. The fraction of sp³-hybridized carbons (Fsp3) is 0.812. The molecule has 0 aliphatic carbocycles. The summed E-state index contributed by atoms with van der Waals surface area (Å²) in [7, 11) is -4.28. The standard InChI is InChI=1S/C48H90NO7P/c1-3-5-7-9-11-13-15-17-19-21-23-25-27-29-31-33-35-37-39-41-48(50)56-47(46-55-57(51,52)54-44-42-49)45-53-43-40-38-36-34-32-30-28-26-24-22-20-18-16-14-12-10-8-6-4-2/h11,13,17,19-20,22-23,25,47H,3-10,12,14-16,18,21,24,26-46,49H2,1-2H3,(H,51,52)/b13-11-,19-17-,22-20-,25-23-. The van der Waals surface area contributed by atoms with Crippen LogP contribution in [0.15, 0.2) is 48.6 Å². The number of phosphoric ester groups is 1. The van der Waals surface area contributed by atoms with Gasteiger partial charge in [-0.1, -0.05) is 178 Å². The SMILES string of the molecule is CCCCC/C=C\C/C=C\C/C=C\CCCCCCCCC(=O)OC(COCCCCCCCCCC/C=C\CCCCCCCCC)COP(=O)(O)OCCN. The molecule has 9 heteroatoms. The molecule has 0 saturated heterocycles. The summed E-state index contributed by atoms with van der Waals surface area (Å²) in [5.74, 6) is -0.343. The number of ether oxygens (including phenoxy) is 2. The summed E-state index contributed by atoms with van der Waals surface area (Å²) < 4.78 is 33.5. The van der Waals surface area contributed by atoms with Crippen LogP contribution in [0.1, 0.15) is 213 Å². The van der Waals surface area contributed by atoms with E-state index in [2.05, 4.69) is 62.5 Å². The molecule has 0 fully saturated rings. The fourth-order valence-corrected chi connectivity index (χ4v) is 7.23. The third-order valence-corrected chi connectivity index (χ3v) is 11.0. The zero-order valence-corrected chi connectivity index (χ0v) is 38.0. The van der Waals surface area contributed by atoms with Gasteiger partial charge in [-0.2, -0.15) is 0 Å². The largest absolute Gasteiger partial charge is 0.472 e. The number of carbonyl (C=O) groups excluding carboxylic acids is 1. The third-order valence-electron chi connectivity index (χ3n) is 9.97. The van der Waals surface area contributed by atoms with Crippen molar-refractivity contribution in [2.45, 2.75) is 219 Å². The highest BCUT2D eigenvalue weighted by molar-refractivity contribution is 7.47. The fourth-order valence-electron chi connectivity index (χ4n) is 6.47. The van der Waals surface area contributed by atoms with Crippen molar-refractivity contribution in [3.63, 3.8) is 0 Å². The summed E-state index contributed by atoms with van der Waals surface area (Å²) in [6.07, 6.45) is 54.1. The maximum Gasteiger partial charge on any atom is 0.472 e. The Morgan fingerprint density at radius 3 is 1.44 bits per heavy atom. The topological polar surface area (TPSA) is 117 Å². The maximum absolute atomic E-state index is 12.6. The molecule has 0 amide bonds. The number of hydrogen-bond acceptors (Lipinski definition) is 7. The van der Waals surface area contributed by atoms with E-state index in [1.807, 2.05) is 0 Å². The van der Waals surface area contributed by atoms with Gasteiger partial charge in [0, 0.05) is 19.6 Å². The van der Waals surface area contributed by atoms with Gasteiger partial charge in [0.25, 0.3) is 0 Å². The lowest BCUT2D eigenvalue weighted by Gasteiger charge is -2.20. The van der Waals surface area contributed by atoms with Gasteiger partial charge in [0.15, 0.2) is 0 Å². The predicted octanol–water partition coefficient (Wildman–Crippen LogP) is 14.4. The smallest absolute Gasteiger partial charge is 0.457 e. The third kappa shape index (κ3) is 45.4. The average Bonchev–Trinajstić information content (AvgIpc) is 3.20. The second kappa shape index (κ2) is 45.5. The number of rotatable bonds is 45. The van der Waals surface area contributed by atoms with Gasteiger partial charge in [0.05, 0.1) is 19.8 Å². The van der Waals surface area contributed by atoms with Crippen LogP contribution in [0.5, 0.6) is 0 Å². The molecule has 0 aliphatic rings. The van der Waals surface area contributed by atoms with Crippen molar-refractivity contribution in [2.75, 3.05) is 33.0 Å². The van der Waals surface area contributed by atoms with E-state index in [1.165, 1.54) is 135 Å². The molecule has 2 atom stereocenters. The van der Waals surface area contributed by atoms with Crippen LogP contribution in [0, 0.1) is 0 Å². The van der Waals surface area contributed by atoms with Crippen LogP contribution < -0.4 is 5.73 Å². The Kier molecular flexibility index (Phi) is 44.3. The average molecular weight is 824 g/mol. The van der Waals surface area contributed by atoms with E-state index >= 15 is 0 Å². The molecule has 0 aromatic rings. The molecule has 0 aromatic carbocycles. The summed E-state index contributed by atoms with van der Waals surface area (Å²) in [6.45, 7) is 4.88. The van der Waals surface area contributed by atoms with E-state index in [0.29, 0.717) is 13.0 Å². The van der Waals surface area contributed by atoms with Crippen LogP contribution in [0.3, 0.4) is 0 Å². The summed E-state index contributed by atoms with van der Waals surface area (Å²) in [5.41, 5.74) is 5.38. The van der Waals surface area contributed by atoms with Crippen LogP contribution >= 0.6 is 7.82 Å². The van der Waals surface area contributed by atoms with E-state index in [0.717, 1.165) is 57.8 Å². The predicted molar refractivity (Wildman–Crippen MR) is 243 cm³/mol. The molecule has 0 rings (SSSR count). The Balaban J connectivity index is 4.02. The Morgan fingerprint density at radius 2 is 0.930 bits per heavy atom. The van der Waals surface area contributed by atoms with Crippen molar-refractivity contribution < 1.29 is 32.8 Å². The molecule has 0 heterocycles. The summed E-state index contributed by atoms with van der Waals surface area (Å²) in [4.78, 5) is 22.5. The minimum atomic E-state index is -4.28. The molecule has 3 N–H and O–H groups in total. The number of nitrogens with two attached hydrogens (primary N) is 1. The highest BCUT2D eigenvalue weighted by Gasteiger charge is 2.25. The van der Waals surface area contributed by atoms with Crippen LogP contribution in [0.2, 0.25) is 0 Å². The van der Waals surface area contributed by atoms with E-state index in [4.69, 9.17) is 24.3 Å². The first kappa shape index (κ1) is 55.5. The van der Waals surface area contributed by atoms with Crippen LogP contribution in [-0.2, 0) is 27.9 Å². The van der Waals surface area contributed by atoms with Gasteiger partial charge in [-0.25, -0.2) is 4.57 Å². The number of allylic oxidation sites excluding steroid dienone is 8. The van der Waals surface area contributed by atoms with Gasteiger partial charge in [-0.3, -0.25) is 13.8 Å². The highest BCUT2D eigenvalue weighted by atomic mass is 31.2. The maximum atomic E-state index is 12.6. The molecule has 0 aliphatic heterocycles. The van der Waals surface area contributed by atoms with Gasteiger partial charge in [-0.15, -0.1) is 0 Å². The van der Waals surface area contributed by atoms with Crippen LogP contribution in [0.4, 0.5) is 0 Å². The molecule has 0 aromatic heterocycles. The molecule has 334 valence electrons. The molecule has 0 saturated carbocycles. The summed E-state index contributed by atoms with van der Waals surface area (Å²) in [5, 5.41) is 0. The first-order chi connectivity index (χ1) is 27.9. The Hall–Kier alpha value is -1.54. The monoisotopic (exact) mass is 824 g/mol. The number of unbranched alkanes of at least 4 members (excludes halogenated alkanes) is 24. The Morgan fingerprint density at radius 1 is 0.526 bits per heavy atom. The van der Waals surface area contributed by atoms with Crippen LogP contribution in [0.25, 0.3) is 0 Å². The van der Waals surface area contributed by atoms with Crippen molar-refractivity contribution in [1.29, 1.82) is 0 Å². The van der Waals surface area contributed by atoms with Crippen molar-refractivity contribution >= 4 is 13.8 Å². The molecule has 0 radical (unpaired) electrons. The minimum Gasteiger partial charge on any atom is -0.457 e. The second-order valence-corrected chi connectivity index (χ2v) is 17.1. The van der Waals surface area contributed by atoms with E-state index in [1.54, 1.807) is 0 Å². The number of carbonyl (C=O) groups is 1. The molecule has 57 heavy (non-hydrogen) atoms. The summed E-state index contributed by atoms with van der Waals surface area (Å²) in [6, 6.07) is 0. The van der Waals surface area contributed by atoms with E-state index in [9.17, 15) is 14.3 Å². The second-order valence-electron chi connectivity index (χ2n) is 15.6. The van der Waals surface area contributed by atoms with Crippen molar-refractivity contribution in [2.24, 2.45) is 5.73 Å². The minimum absolute atomic E-state index is 0.0963. The first-order valence-corrected chi connectivity index (χ1v) is 25.1. The van der Waals surface area contributed by atoms with Crippen molar-refractivity contribution in [1.82, 2.24) is 0 Å². The van der Waals surface area contributed by atoms with Crippen molar-refractivity contribution in [3.05, 3.63) is 48.6 Å². The van der Waals surface area contributed by atoms with Gasteiger partial charge < -0.3 is 20.1 Å². The number of esters is 1. The molecule has 0 bridgehead atoms. The Bertz CT molecular complexity index is 1010.